The molecule has 7 nitrogen and oxygen atoms in total. The normalized spacial score (nSPS) is 16.4. The average molecular weight is 398 g/mol. The van der Waals surface area contributed by atoms with Crippen molar-refractivity contribution in [1.82, 2.24) is 25.9 Å². The van der Waals surface area contributed by atoms with Crippen molar-refractivity contribution >= 4 is 16.7 Å². The molecule has 3 aromatic rings. The highest BCUT2D eigenvalue weighted by Crippen LogP contribution is 2.26. The van der Waals surface area contributed by atoms with Crippen LogP contribution in [0.25, 0.3) is 10.9 Å². The van der Waals surface area contributed by atoms with Crippen LogP contribution >= 0.6 is 0 Å². The van der Waals surface area contributed by atoms with E-state index in [-0.39, 0.29) is 0 Å². The van der Waals surface area contributed by atoms with Crippen LogP contribution in [0.1, 0.15) is 25.3 Å². The summed E-state index contributed by atoms with van der Waals surface area (Å²) in [5, 5.41) is 3.24. The van der Waals surface area contributed by atoms with E-state index in [1.54, 1.807) is 18.6 Å². The van der Waals surface area contributed by atoms with E-state index in [9.17, 15) is 0 Å². The number of allylic oxidation sites excluding steroid dienone is 2. The van der Waals surface area contributed by atoms with Gasteiger partial charge in [0, 0.05) is 30.4 Å². The van der Waals surface area contributed by atoms with E-state index in [0.717, 1.165) is 46.8 Å². The van der Waals surface area contributed by atoms with Gasteiger partial charge >= 0.3 is 0 Å². The zero-order chi connectivity index (χ0) is 20.3. The van der Waals surface area contributed by atoms with Crippen LogP contribution in [0.2, 0.25) is 0 Å². The van der Waals surface area contributed by atoms with Gasteiger partial charge in [-0.2, -0.15) is 0 Å². The number of ether oxygens (including phenoxy) is 1. The molecule has 150 valence electrons. The molecule has 2 aliphatic heterocycles. The van der Waals surface area contributed by atoms with Crippen LogP contribution in [-0.4, -0.2) is 20.8 Å². The molecule has 0 saturated carbocycles. The molecular formula is C23H22N6O. The molecule has 5 rings (SSSR count). The maximum atomic E-state index is 5.97. The van der Waals surface area contributed by atoms with Gasteiger partial charge in [-0.1, -0.05) is 12.1 Å². The third kappa shape index (κ3) is 3.75. The minimum Gasteiger partial charge on any atom is -0.460 e. The fraction of sp³-hybridized carbons (Fsp3) is 0.174. The first-order valence-corrected chi connectivity index (χ1v) is 9.94. The first-order valence-electron chi connectivity index (χ1n) is 9.94. The number of fused-ring (bicyclic) bond motifs is 2. The van der Waals surface area contributed by atoms with Crippen molar-refractivity contribution in [3.05, 3.63) is 89.8 Å². The second-order valence-electron chi connectivity index (χ2n) is 7.34. The van der Waals surface area contributed by atoms with E-state index in [4.69, 9.17) is 4.74 Å². The van der Waals surface area contributed by atoms with E-state index >= 15 is 0 Å². The van der Waals surface area contributed by atoms with Gasteiger partial charge in [-0.25, -0.2) is 4.99 Å². The fourth-order valence-electron chi connectivity index (χ4n) is 3.68. The molecule has 1 aromatic carbocycles. The third-order valence-electron chi connectivity index (χ3n) is 5.20. The van der Waals surface area contributed by atoms with Crippen molar-refractivity contribution in [2.75, 3.05) is 0 Å². The average Bonchev–Trinajstić information content (AvgIpc) is 3.17. The van der Waals surface area contributed by atoms with Crippen molar-refractivity contribution in [2.24, 2.45) is 4.99 Å². The molecule has 2 aliphatic rings. The number of hydrazine groups is 2. The van der Waals surface area contributed by atoms with Crippen molar-refractivity contribution in [3.63, 3.8) is 0 Å². The van der Waals surface area contributed by atoms with Crippen molar-refractivity contribution in [3.8, 4) is 5.75 Å². The Morgan fingerprint density at radius 3 is 2.87 bits per heavy atom. The number of hydrogen-bond acceptors (Lipinski definition) is 7. The fourth-order valence-corrected chi connectivity index (χ4v) is 3.68. The highest BCUT2D eigenvalue weighted by atomic mass is 16.5. The number of aromatic nitrogens is 2. The SMILES string of the molecule is CC1=C2C(=NC=C(Oc3ccncc3)CC1)NNN2Cc1ccc2ncccc2c1. The lowest BCUT2D eigenvalue weighted by Gasteiger charge is -2.21. The molecular weight excluding hydrogens is 376 g/mol. The molecule has 0 unspecified atom stereocenters. The molecule has 0 spiro atoms. The Hall–Kier alpha value is -3.71. The molecule has 7 heteroatoms. The van der Waals surface area contributed by atoms with Crippen molar-refractivity contribution < 1.29 is 4.74 Å². The number of nitrogens with zero attached hydrogens (tertiary/aromatic N) is 4. The molecule has 2 N–H and O–H groups in total. The van der Waals surface area contributed by atoms with Crippen LogP contribution < -0.4 is 15.7 Å². The van der Waals surface area contributed by atoms with E-state index in [2.05, 4.69) is 62.1 Å². The maximum absolute atomic E-state index is 5.97. The van der Waals surface area contributed by atoms with Crippen LogP contribution in [0.15, 0.2) is 89.3 Å². The predicted molar refractivity (Wildman–Crippen MR) is 116 cm³/mol. The molecule has 0 aliphatic carbocycles. The van der Waals surface area contributed by atoms with Gasteiger partial charge in [-0.3, -0.25) is 20.4 Å². The number of pyridine rings is 2. The highest BCUT2D eigenvalue weighted by Gasteiger charge is 2.26. The van der Waals surface area contributed by atoms with E-state index < -0.39 is 0 Å². The van der Waals surface area contributed by atoms with Crippen LogP contribution in [0.3, 0.4) is 0 Å². The van der Waals surface area contributed by atoms with Crippen molar-refractivity contribution in [1.29, 1.82) is 0 Å². The summed E-state index contributed by atoms with van der Waals surface area (Å²) >= 11 is 0. The molecule has 1 fully saturated rings. The van der Waals surface area contributed by atoms with E-state index in [1.165, 1.54) is 11.1 Å². The Labute approximate surface area is 174 Å². The smallest absolute Gasteiger partial charge is 0.166 e. The summed E-state index contributed by atoms with van der Waals surface area (Å²) in [5.41, 5.74) is 11.0. The number of rotatable bonds is 4. The molecule has 1 saturated heterocycles. The maximum Gasteiger partial charge on any atom is 0.166 e. The van der Waals surface area contributed by atoms with Crippen LogP contribution in [0.4, 0.5) is 0 Å². The van der Waals surface area contributed by atoms with Gasteiger partial charge in [0.15, 0.2) is 5.84 Å². The van der Waals surface area contributed by atoms with Gasteiger partial charge in [0.25, 0.3) is 0 Å². The van der Waals surface area contributed by atoms with Gasteiger partial charge in [0.1, 0.15) is 11.5 Å². The molecule has 0 bridgehead atoms. The number of nitrogens with one attached hydrogen (secondary N) is 2. The third-order valence-corrected chi connectivity index (χ3v) is 5.20. The number of hydrogen-bond donors (Lipinski definition) is 2. The zero-order valence-corrected chi connectivity index (χ0v) is 16.7. The summed E-state index contributed by atoms with van der Waals surface area (Å²) in [4.78, 5) is 13.1. The van der Waals surface area contributed by atoms with Gasteiger partial charge < -0.3 is 4.74 Å². The molecule has 2 aromatic heterocycles. The number of benzene rings is 1. The second kappa shape index (κ2) is 7.96. The zero-order valence-electron chi connectivity index (χ0n) is 16.7. The topological polar surface area (TPSA) is 74.7 Å². The van der Waals surface area contributed by atoms with Crippen LogP contribution in [0, 0.1) is 0 Å². The monoisotopic (exact) mass is 398 g/mol. The van der Waals surface area contributed by atoms with Crippen LogP contribution in [-0.2, 0) is 6.54 Å². The lowest BCUT2D eigenvalue weighted by Crippen LogP contribution is -2.35. The van der Waals surface area contributed by atoms with Gasteiger partial charge in [0.2, 0.25) is 0 Å². The van der Waals surface area contributed by atoms with Gasteiger partial charge in [0.05, 0.1) is 24.0 Å². The first kappa shape index (κ1) is 18.3. The summed E-state index contributed by atoms with van der Waals surface area (Å²) in [5.74, 6) is 2.39. The largest absolute Gasteiger partial charge is 0.460 e. The van der Waals surface area contributed by atoms with E-state index in [1.807, 2.05) is 24.4 Å². The predicted octanol–water partition coefficient (Wildman–Crippen LogP) is 3.84. The lowest BCUT2D eigenvalue weighted by atomic mass is 10.1. The summed E-state index contributed by atoms with van der Waals surface area (Å²) in [6, 6.07) is 14.1. The van der Waals surface area contributed by atoms with Gasteiger partial charge in [-0.05, 0) is 54.8 Å². The lowest BCUT2D eigenvalue weighted by molar-refractivity contribution is 0.258. The molecule has 0 amide bonds. The Balaban J connectivity index is 1.37. The Bertz CT molecular complexity index is 1170. The van der Waals surface area contributed by atoms with Crippen molar-refractivity contribution in [2.45, 2.75) is 26.3 Å². The molecule has 4 heterocycles. The van der Waals surface area contributed by atoms with Crippen LogP contribution in [0.5, 0.6) is 5.75 Å². The Morgan fingerprint density at radius 2 is 1.97 bits per heavy atom. The highest BCUT2D eigenvalue weighted by molar-refractivity contribution is 6.00. The minimum atomic E-state index is 0.716. The Morgan fingerprint density at radius 1 is 1.07 bits per heavy atom. The molecule has 0 atom stereocenters. The standard InChI is InChI=1S/C23H22N6O/c1-16-4-6-20(30-19-8-11-24-12-9-19)14-26-23-22(16)29(28-27-23)15-17-5-7-21-18(13-17)3-2-10-25-21/h2-3,5,7-14,28H,4,6,15H2,1H3,(H,26,27). The molecule has 0 radical (unpaired) electrons. The number of aliphatic imine (C=N–C) groups is 1. The molecule has 30 heavy (non-hydrogen) atoms. The number of amidine groups is 1. The van der Waals surface area contributed by atoms with Gasteiger partial charge in [-0.15, -0.1) is 5.53 Å². The van der Waals surface area contributed by atoms with E-state index in [0.29, 0.717) is 6.54 Å². The summed E-state index contributed by atoms with van der Waals surface area (Å²) in [6.45, 7) is 2.86. The first-order chi connectivity index (χ1) is 14.8. The summed E-state index contributed by atoms with van der Waals surface area (Å²) < 4.78 is 5.97. The quantitative estimate of drug-likeness (QED) is 0.696. The Kier molecular flexibility index (Phi) is 4.86. The summed E-state index contributed by atoms with van der Waals surface area (Å²) in [7, 11) is 0. The minimum absolute atomic E-state index is 0.716. The second-order valence-corrected chi connectivity index (χ2v) is 7.34. The summed E-state index contributed by atoms with van der Waals surface area (Å²) in [6.07, 6.45) is 8.71.